The predicted octanol–water partition coefficient (Wildman–Crippen LogP) is 1.51. The van der Waals surface area contributed by atoms with E-state index in [1.54, 1.807) is 0 Å². The molecule has 4 nitrogen and oxygen atoms in total. The quantitative estimate of drug-likeness (QED) is 0.516. The lowest BCUT2D eigenvalue weighted by Gasteiger charge is -2.25. The van der Waals surface area contributed by atoms with Gasteiger partial charge in [-0.25, -0.2) is 13.1 Å². The number of sulfonamides is 1. The molecule has 1 N–H and O–H groups in total. The van der Waals surface area contributed by atoms with Gasteiger partial charge in [0.15, 0.2) is 0 Å². The van der Waals surface area contributed by atoms with Gasteiger partial charge in [0.05, 0.1) is 5.75 Å². The number of likely N-dealkylation sites (N-methyl/N-ethyl adjacent to an activating group) is 1. The molecule has 17 heavy (non-hydrogen) atoms. The molecular weight excluding hydrogens is 260 g/mol. The number of hydrogen-bond donors (Lipinski definition) is 1. The van der Waals surface area contributed by atoms with Crippen molar-refractivity contribution >= 4 is 21.6 Å². The largest absolute Gasteiger partial charge is 0.308 e. The highest BCUT2D eigenvalue weighted by atomic mass is 35.5. The molecule has 0 amide bonds. The summed E-state index contributed by atoms with van der Waals surface area (Å²) < 4.78 is 26.4. The molecule has 0 aliphatic rings. The lowest BCUT2D eigenvalue weighted by molar-refractivity contribution is 0.314. The highest BCUT2D eigenvalue weighted by molar-refractivity contribution is 7.89. The van der Waals surface area contributed by atoms with Crippen LogP contribution in [0.5, 0.6) is 0 Å². The lowest BCUT2D eigenvalue weighted by Crippen LogP contribution is -2.45. The summed E-state index contributed by atoms with van der Waals surface area (Å²) in [6.45, 7) is 4.76. The lowest BCUT2D eigenvalue weighted by atomic mass is 10.1. The molecule has 6 heteroatoms. The first-order valence-electron chi connectivity index (χ1n) is 5.99. The summed E-state index contributed by atoms with van der Waals surface area (Å²) in [5.74, 6) is 0.956. The molecule has 0 bridgehead atoms. The van der Waals surface area contributed by atoms with E-state index in [2.05, 4.69) is 4.72 Å². The van der Waals surface area contributed by atoms with E-state index in [0.717, 1.165) is 6.42 Å². The van der Waals surface area contributed by atoms with Crippen molar-refractivity contribution < 1.29 is 8.42 Å². The van der Waals surface area contributed by atoms with E-state index in [1.165, 1.54) is 0 Å². The maximum Gasteiger partial charge on any atom is 0.211 e. The minimum Gasteiger partial charge on any atom is -0.308 e. The number of nitrogens with zero attached hydrogens (tertiary/aromatic N) is 1. The van der Waals surface area contributed by atoms with Crippen LogP contribution in [0.4, 0.5) is 0 Å². The molecule has 0 heterocycles. The average Bonchev–Trinajstić information content (AvgIpc) is 2.15. The van der Waals surface area contributed by atoms with Crippen molar-refractivity contribution in [2.24, 2.45) is 5.92 Å². The van der Waals surface area contributed by atoms with E-state index in [4.69, 9.17) is 11.6 Å². The fraction of sp³-hybridized carbons (Fsp3) is 1.00. The molecule has 0 saturated heterocycles. The Morgan fingerprint density at radius 3 is 2.24 bits per heavy atom. The van der Waals surface area contributed by atoms with Crippen molar-refractivity contribution in [2.75, 3.05) is 32.3 Å². The van der Waals surface area contributed by atoms with Gasteiger partial charge in [-0.2, -0.15) is 0 Å². The summed E-state index contributed by atoms with van der Waals surface area (Å²) >= 11 is 5.53. The van der Waals surface area contributed by atoms with E-state index < -0.39 is 10.0 Å². The van der Waals surface area contributed by atoms with Crippen LogP contribution in [0.25, 0.3) is 0 Å². The Hall–Kier alpha value is 0.160. The van der Waals surface area contributed by atoms with Crippen LogP contribution in [0, 0.1) is 5.92 Å². The third-order valence-corrected chi connectivity index (χ3v) is 4.25. The topological polar surface area (TPSA) is 49.4 Å². The second kappa shape index (κ2) is 8.29. The maximum atomic E-state index is 11.8. The number of unbranched alkanes of at least 4 members (excludes halogenated alkanes) is 1. The van der Waals surface area contributed by atoms with Gasteiger partial charge in [0.25, 0.3) is 0 Å². The molecule has 0 aromatic heterocycles. The van der Waals surface area contributed by atoms with Crippen molar-refractivity contribution in [1.29, 1.82) is 0 Å². The van der Waals surface area contributed by atoms with Crippen molar-refractivity contribution in [3.05, 3.63) is 0 Å². The summed E-state index contributed by atoms with van der Waals surface area (Å²) in [7, 11) is 0.704. The monoisotopic (exact) mass is 284 g/mol. The molecule has 0 aliphatic carbocycles. The Balaban J connectivity index is 4.32. The molecule has 0 saturated carbocycles. The number of nitrogens with one attached hydrogen (secondary N) is 1. The molecule has 0 aromatic carbocycles. The van der Waals surface area contributed by atoms with Crippen molar-refractivity contribution in [3.63, 3.8) is 0 Å². The Kier molecular flexibility index (Phi) is 8.37. The van der Waals surface area contributed by atoms with Crippen LogP contribution in [0.3, 0.4) is 0 Å². The van der Waals surface area contributed by atoms with Gasteiger partial charge in [0.1, 0.15) is 0 Å². The Morgan fingerprint density at radius 2 is 1.82 bits per heavy atom. The van der Waals surface area contributed by atoms with E-state index in [0.29, 0.717) is 18.8 Å². The molecule has 0 fully saturated rings. The van der Waals surface area contributed by atoms with Crippen LogP contribution in [0.1, 0.15) is 26.7 Å². The predicted molar refractivity (Wildman–Crippen MR) is 74.1 cm³/mol. The fourth-order valence-corrected chi connectivity index (χ4v) is 3.15. The standard InChI is InChI=1S/C11H25ClN2O2S/c1-10(2)11(9-14(3)4)13-17(15,16)8-6-5-7-12/h10-11,13H,5-9H2,1-4H3. The zero-order valence-electron chi connectivity index (χ0n) is 11.2. The summed E-state index contributed by atoms with van der Waals surface area (Å²) in [4.78, 5) is 1.99. The summed E-state index contributed by atoms with van der Waals surface area (Å²) in [6.07, 6.45) is 1.36. The highest BCUT2D eigenvalue weighted by Gasteiger charge is 2.20. The summed E-state index contributed by atoms with van der Waals surface area (Å²) in [6, 6.07) is -0.0361. The first-order chi connectivity index (χ1) is 7.78. The van der Waals surface area contributed by atoms with E-state index in [9.17, 15) is 8.42 Å². The smallest absolute Gasteiger partial charge is 0.211 e. The molecule has 0 spiro atoms. The third-order valence-electron chi connectivity index (χ3n) is 2.49. The van der Waals surface area contributed by atoms with Gasteiger partial charge in [0.2, 0.25) is 10.0 Å². The van der Waals surface area contributed by atoms with Gasteiger partial charge in [0, 0.05) is 18.5 Å². The fourth-order valence-electron chi connectivity index (χ4n) is 1.45. The van der Waals surface area contributed by atoms with Crippen LogP contribution >= 0.6 is 11.6 Å². The van der Waals surface area contributed by atoms with Crippen LogP contribution in [0.15, 0.2) is 0 Å². The average molecular weight is 285 g/mol. The molecule has 0 radical (unpaired) electrons. The number of hydrogen-bond acceptors (Lipinski definition) is 3. The van der Waals surface area contributed by atoms with Crippen molar-refractivity contribution in [2.45, 2.75) is 32.7 Å². The van der Waals surface area contributed by atoms with Gasteiger partial charge in [-0.3, -0.25) is 0 Å². The molecule has 104 valence electrons. The Labute approximate surface area is 111 Å². The molecule has 0 aliphatic heterocycles. The highest BCUT2D eigenvalue weighted by Crippen LogP contribution is 2.06. The van der Waals surface area contributed by atoms with E-state index >= 15 is 0 Å². The second-order valence-electron chi connectivity index (χ2n) is 4.95. The molecule has 0 aromatic rings. The second-order valence-corrected chi connectivity index (χ2v) is 7.20. The number of alkyl halides is 1. The first kappa shape index (κ1) is 17.2. The van der Waals surface area contributed by atoms with Gasteiger partial charge in [-0.05, 0) is 32.9 Å². The third kappa shape index (κ3) is 8.83. The van der Waals surface area contributed by atoms with E-state index in [1.807, 2.05) is 32.8 Å². The maximum absolute atomic E-state index is 11.8. The zero-order valence-corrected chi connectivity index (χ0v) is 12.8. The van der Waals surface area contributed by atoms with Crippen molar-refractivity contribution in [1.82, 2.24) is 9.62 Å². The van der Waals surface area contributed by atoms with Crippen LogP contribution < -0.4 is 4.72 Å². The van der Waals surface area contributed by atoms with Gasteiger partial charge in [-0.15, -0.1) is 11.6 Å². The molecule has 1 unspecified atom stereocenters. The molecule has 1 atom stereocenters. The Morgan fingerprint density at radius 1 is 1.24 bits per heavy atom. The van der Waals surface area contributed by atoms with Crippen LogP contribution in [-0.4, -0.2) is 51.6 Å². The van der Waals surface area contributed by atoms with E-state index in [-0.39, 0.29) is 17.7 Å². The minimum atomic E-state index is -3.18. The molecule has 0 rings (SSSR count). The Bertz CT molecular complexity index is 292. The van der Waals surface area contributed by atoms with Crippen LogP contribution in [-0.2, 0) is 10.0 Å². The molecular formula is C11H25ClN2O2S. The normalized spacial score (nSPS) is 14.5. The van der Waals surface area contributed by atoms with Gasteiger partial charge >= 0.3 is 0 Å². The van der Waals surface area contributed by atoms with Crippen molar-refractivity contribution in [3.8, 4) is 0 Å². The summed E-state index contributed by atoms with van der Waals surface area (Å²) in [5.41, 5.74) is 0. The number of rotatable bonds is 9. The zero-order chi connectivity index (χ0) is 13.5. The SMILES string of the molecule is CC(C)C(CN(C)C)NS(=O)(=O)CCCCCl. The first-order valence-corrected chi connectivity index (χ1v) is 8.18. The minimum absolute atomic E-state index is 0.0361. The van der Waals surface area contributed by atoms with Gasteiger partial charge < -0.3 is 4.90 Å². The van der Waals surface area contributed by atoms with Crippen LogP contribution in [0.2, 0.25) is 0 Å². The number of halogens is 1. The van der Waals surface area contributed by atoms with Gasteiger partial charge in [-0.1, -0.05) is 13.8 Å². The summed E-state index contributed by atoms with van der Waals surface area (Å²) in [5, 5.41) is 0.